The number of aliphatic hydroxyl groups is 1. The number of benzene rings is 1. The summed E-state index contributed by atoms with van der Waals surface area (Å²) in [5.74, 6) is 2.13. The zero-order chi connectivity index (χ0) is 26.0. The van der Waals surface area contributed by atoms with Crippen molar-refractivity contribution in [2.45, 2.75) is 83.2 Å². The zero-order valence-electron chi connectivity index (χ0n) is 22.6. The quantitative estimate of drug-likeness (QED) is 0.243. The number of ether oxygens (including phenoxy) is 1. The van der Waals surface area contributed by atoms with Gasteiger partial charge in [-0.3, -0.25) is 9.69 Å². The summed E-state index contributed by atoms with van der Waals surface area (Å²) in [5, 5.41) is 9.14. The number of aryl methyl sites for hydroxylation is 1. The topological polar surface area (TPSA) is 67.6 Å². The normalized spacial score (nSPS) is 22.1. The van der Waals surface area contributed by atoms with Crippen LogP contribution in [-0.2, 0) is 17.8 Å². The van der Waals surface area contributed by atoms with Crippen LogP contribution in [0.25, 0.3) is 0 Å². The lowest BCUT2D eigenvalue weighted by molar-refractivity contribution is -0.124. The second kappa shape index (κ2) is 13.9. The van der Waals surface area contributed by atoms with E-state index >= 15 is 0 Å². The molecule has 0 saturated carbocycles. The molecule has 1 N–H and O–H groups in total. The highest BCUT2D eigenvalue weighted by atomic mass is 16.5. The fourth-order valence-electron chi connectivity index (χ4n) is 6.29. The fourth-order valence-corrected chi connectivity index (χ4v) is 6.29. The van der Waals surface area contributed by atoms with Crippen LogP contribution in [-0.4, -0.2) is 57.7 Å². The minimum absolute atomic E-state index is 0.117. The third kappa shape index (κ3) is 7.11. The number of fused-ring (bicyclic) bond motifs is 1. The molecule has 1 aromatic heterocycles. The lowest BCUT2D eigenvalue weighted by Gasteiger charge is -2.28. The first-order valence-corrected chi connectivity index (χ1v) is 14.4. The molecule has 0 radical (unpaired) electrons. The zero-order valence-corrected chi connectivity index (χ0v) is 22.6. The minimum Gasteiger partial charge on any atom is -0.493 e. The van der Waals surface area contributed by atoms with Crippen LogP contribution in [0.1, 0.15) is 75.3 Å². The molecular weight excluding hydrogens is 462 g/mol. The number of ketones is 1. The number of rotatable bonds is 16. The van der Waals surface area contributed by atoms with Gasteiger partial charge in [-0.15, -0.1) is 6.58 Å². The van der Waals surface area contributed by atoms with Gasteiger partial charge < -0.3 is 14.4 Å². The van der Waals surface area contributed by atoms with E-state index in [1.165, 1.54) is 11.1 Å². The van der Waals surface area contributed by atoms with Crippen molar-refractivity contribution in [1.82, 2.24) is 14.5 Å². The Morgan fingerprint density at radius 2 is 2.14 bits per heavy atom. The van der Waals surface area contributed by atoms with Gasteiger partial charge in [0.05, 0.1) is 19.5 Å². The van der Waals surface area contributed by atoms with Crippen LogP contribution in [0.3, 0.4) is 0 Å². The largest absolute Gasteiger partial charge is 0.493 e. The molecule has 1 aromatic carbocycles. The van der Waals surface area contributed by atoms with E-state index in [1.54, 1.807) is 0 Å². The second-order valence-corrected chi connectivity index (χ2v) is 10.8. The van der Waals surface area contributed by atoms with Gasteiger partial charge in [-0.2, -0.15) is 0 Å². The lowest BCUT2D eigenvalue weighted by Crippen LogP contribution is -2.39. The van der Waals surface area contributed by atoms with Crippen LogP contribution < -0.4 is 4.74 Å². The number of carbonyl (C=O) groups is 1. The molecule has 0 spiro atoms. The van der Waals surface area contributed by atoms with Crippen molar-refractivity contribution < 1.29 is 14.6 Å². The Bertz CT molecular complexity index is 990. The van der Waals surface area contributed by atoms with Gasteiger partial charge in [0, 0.05) is 62.3 Å². The molecule has 4 rings (SSSR count). The Morgan fingerprint density at radius 3 is 2.89 bits per heavy atom. The molecule has 0 unspecified atom stereocenters. The first kappa shape index (κ1) is 27.6. The number of aromatic nitrogens is 2. The van der Waals surface area contributed by atoms with Crippen LogP contribution in [0.15, 0.2) is 49.6 Å². The summed E-state index contributed by atoms with van der Waals surface area (Å²) in [6.45, 7) is 9.72. The maximum atomic E-state index is 13.7. The minimum atomic E-state index is 0.117. The van der Waals surface area contributed by atoms with E-state index in [2.05, 4.69) is 52.2 Å². The first-order valence-electron chi connectivity index (χ1n) is 14.4. The standard InChI is InChI=1S/C31H45N3O3/c1-3-5-9-24(10-7-6-8-18-35)30(36)22-34-21-28(25-11-12-31-26(20-25)14-19-37-31)27(4-2)29(34)13-16-33-17-15-32-23-33/h4,11-12,15,17,20,23-24,27-29,35H,2-3,5-10,13-14,16,18-19,21-22H2,1H3/t24-,27-,28-,29+/m1/s1. The van der Waals surface area contributed by atoms with E-state index < -0.39 is 0 Å². The van der Waals surface area contributed by atoms with E-state index in [0.29, 0.717) is 18.2 Å². The predicted octanol–water partition coefficient (Wildman–Crippen LogP) is 5.41. The second-order valence-electron chi connectivity index (χ2n) is 10.8. The van der Waals surface area contributed by atoms with Gasteiger partial charge >= 0.3 is 0 Å². The van der Waals surface area contributed by atoms with Crippen LogP contribution in [0, 0.1) is 11.8 Å². The van der Waals surface area contributed by atoms with Crippen LogP contribution >= 0.6 is 0 Å². The summed E-state index contributed by atoms with van der Waals surface area (Å²) >= 11 is 0. The van der Waals surface area contributed by atoms with Gasteiger partial charge in [-0.05, 0) is 42.9 Å². The maximum Gasteiger partial charge on any atom is 0.149 e. The number of Topliss-reactive ketones (excluding diaryl/α,β-unsaturated/α-hetero) is 1. The molecule has 0 bridgehead atoms. The monoisotopic (exact) mass is 507 g/mol. The molecule has 1 saturated heterocycles. The van der Waals surface area contributed by atoms with Gasteiger partial charge in [-0.1, -0.05) is 50.8 Å². The summed E-state index contributed by atoms with van der Waals surface area (Å²) in [6, 6.07) is 6.93. The summed E-state index contributed by atoms with van der Waals surface area (Å²) in [4.78, 5) is 20.4. The number of hydrogen-bond donors (Lipinski definition) is 1. The molecular formula is C31H45N3O3. The Labute approximate surface area is 222 Å². The van der Waals surface area contributed by atoms with E-state index in [4.69, 9.17) is 9.84 Å². The Hall–Kier alpha value is -2.44. The molecule has 3 heterocycles. The third-order valence-corrected chi connectivity index (χ3v) is 8.40. The molecule has 202 valence electrons. The maximum absolute atomic E-state index is 13.7. The van der Waals surface area contributed by atoms with Crippen molar-refractivity contribution >= 4 is 5.78 Å². The SMILES string of the molecule is C=C[C@@H]1[C@@H](c2ccc3c(c2)CCO3)CN(CC(=O)[C@H](CCCC)CCCCCO)[C@H]1CCn1ccnc1. The number of likely N-dealkylation sites (tertiary alicyclic amines) is 1. The number of hydrogen-bond acceptors (Lipinski definition) is 5. The van der Waals surface area contributed by atoms with Crippen LogP contribution in [0.2, 0.25) is 0 Å². The van der Waals surface area contributed by atoms with Crippen molar-refractivity contribution in [2.24, 2.45) is 11.8 Å². The van der Waals surface area contributed by atoms with Gasteiger partial charge in [0.1, 0.15) is 11.5 Å². The van der Waals surface area contributed by atoms with Gasteiger partial charge in [0.25, 0.3) is 0 Å². The first-order chi connectivity index (χ1) is 18.1. The summed E-state index contributed by atoms with van der Waals surface area (Å²) in [5.41, 5.74) is 2.63. The Kier molecular flexibility index (Phi) is 10.4. The number of nitrogens with zero attached hydrogens (tertiary/aromatic N) is 3. The van der Waals surface area contributed by atoms with Crippen molar-refractivity contribution in [2.75, 3.05) is 26.3 Å². The summed E-state index contributed by atoms with van der Waals surface area (Å²) < 4.78 is 7.88. The highest BCUT2D eigenvalue weighted by Crippen LogP contribution is 2.41. The number of aliphatic hydroxyl groups excluding tert-OH is 1. The Balaban J connectivity index is 1.51. The third-order valence-electron chi connectivity index (χ3n) is 8.40. The van der Waals surface area contributed by atoms with Gasteiger partial charge in [0.2, 0.25) is 0 Å². The van der Waals surface area contributed by atoms with Crippen molar-refractivity contribution in [1.29, 1.82) is 0 Å². The molecule has 2 aliphatic rings. The van der Waals surface area contributed by atoms with Crippen molar-refractivity contribution in [3.63, 3.8) is 0 Å². The van der Waals surface area contributed by atoms with E-state index in [1.807, 2.05) is 18.7 Å². The molecule has 2 aliphatic heterocycles. The number of imidazole rings is 1. The molecule has 37 heavy (non-hydrogen) atoms. The highest BCUT2D eigenvalue weighted by molar-refractivity contribution is 5.83. The molecule has 0 amide bonds. The van der Waals surface area contributed by atoms with Crippen LogP contribution in [0.4, 0.5) is 0 Å². The molecule has 6 nitrogen and oxygen atoms in total. The molecule has 1 fully saturated rings. The molecule has 2 aromatic rings. The lowest BCUT2D eigenvalue weighted by atomic mass is 9.83. The highest BCUT2D eigenvalue weighted by Gasteiger charge is 2.41. The number of carbonyl (C=O) groups excluding carboxylic acids is 1. The smallest absolute Gasteiger partial charge is 0.149 e. The van der Waals surface area contributed by atoms with E-state index in [-0.39, 0.29) is 24.5 Å². The predicted molar refractivity (Wildman–Crippen MR) is 148 cm³/mol. The number of unbranched alkanes of at least 4 members (excludes halogenated alkanes) is 3. The van der Waals surface area contributed by atoms with Gasteiger partial charge in [-0.25, -0.2) is 4.98 Å². The van der Waals surface area contributed by atoms with E-state index in [9.17, 15) is 4.79 Å². The molecule has 4 atom stereocenters. The van der Waals surface area contributed by atoms with Crippen molar-refractivity contribution in [3.8, 4) is 5.75 Å². The molecule has 0 aliphatic carbocycles. The summed E-state index contributed by atoms with van der Waals surface area (Å²) in [7, 11) is 0. The molecule has 6 heteroatoms. The fraction of sp³-hybridized carbons (Fsp3) is 0.613. The Morgan fingerprint density at radius 1 is 1.27 bits per heavy atom. The van der Waals surface area contributed by atoms with E-state index in [0.717, 1.165) is 83.2 Å². The summed E-state index contributed by atoms with van der Waals surface area (Å²) in [6.07, 6.45) is 16.7. The van der Waals surface area contributed by atoms with Gasteiger partial charge in [0.15, 0.2) is 0 Å². The average Bonchev–Trinajstić information content (AvgIpc) is 3.66. The average molecular weight is 508 g/mol. The van der Waals surface area contributed by atoms with Crippen molar-refractivity contribution in [3.05, 3.63) is 60.7 Å². The van der Waals surface area contributed by atoms with Crippen LogP contribution in [0.5, 0.6) is 5.75 Å².